The number of aliphatic hydroxyl groups is 2. The van der Waals surface area contributed by atoms with Crippen molar-refractivity contribution in [2.45, 2.75) is 87.8 Å². The van der Waals surface area contributed by atoms with E-state index >= 15 is 0 Å². The summed E-state index contributed by atoms with van der Waals surface area (Å²) in [7, 11) is 0. The number of nitrogens with one attached hydrogen (secondary N) is 1. The summed E-state index contributed by atoms with van der Waals surface area (Å²) >= 11 is 0. The average Bonchev–Trinajstić information content (AvgIpc) is 3.15. The minimum absolute atomic E-state index is 0.0500. The first-order valence-corrected chi connectivity index (χ1v) is 12.6. The van der Waals surface area contributed by atoms with Gasteiger partial charge in [-0.05, 0) is 74.5 Å². The number of nitrogens with zero attached hydrogens (tertiary/aromatic N) is 1. The third kappa shape index (κ3) is 5.76. The third-order valence-corrected chi connectivity index (χ3v) is 8.16. The minimum atomic E-state index is -1.34. The highest BCUT2D eigenvalue weighted by Gasteiger charge is 2.45. The van der Waals surface area contributed by atoms with Crippen molar-refractivity contribution in [3.05, 3.63) is 35.4 Å². The molecule has 2 bridgehead atoms. The normalized spacial score (nSPS) is 28.4. The molecule has 33 heavy (non-hydrogen) atoms. The molecule has 0 radical (unpaired) electrons. The van der Waals surface area contributed by atoms with Gasteiger partial charge in [0.2, 0.25) is 5.91 Å². The summed E-state index contributed by atoms with van der Waals surface area (Å²) in [5, 5.41) is 23.3. The van der Waals surface area contributed by atoms with E-state index in [-0.39, 0.29) is 11.4 Å². The van der Waals surface area contributed by atoms with Crippen LogP contribution < -0.4 is 11.1 Å². The Kier molecular flexibility index (Phi) is 7.72. The molecule has 2 amide bonds. The zero-order valence-electron chi connectivity index (χ0n) is 19.5. The Morgan fingerprint density at radius 3 is 2.73 bits per heavy atom. The molecule has 7 nitrogen and oxygen atoms in total. The van der Waals surface area contributed by atoms with E-state index in [0.717, 1.165) is 50.5 Å². The fourth-order valence-corrected chi connectivity index (χ4v) is 6.37. The smallest absolute Gasteiger partial charge is 0.253 e. The largest absolute Gasteiger partial charge is 0.393 e. The van der Waals surface area contributed by atoms with E-state index in [0.29, 0.717) is 36.5 Å². The number of hydrogen-bond acceptors (Lipinski definition) is 5. The number of carbonyl (C=O) groups excluding carboxylic acids is 2. The Balaban J connectivity index is 1.45. The van der Waals surface area contributed by atoms with E-state index in [4.69, 9.17) is 5.73 Å². The number of benzene rings is 1. The number of hydrogen-bond donors (Lipinski definition) is 4. The first-order valence-electron chi connectivity index (χ1n) is 12.6. The maximum atomic E-state index is 12.9. The van der Waals surface area contributed by atoms with Crippen molar-refractivity contribution < 1.29 is 19.8 Å². The van der Waals surface area contributed by atoms with Gasteiger partial charge in [-0.1, -0.05) is 31.4 Å². The third-order valence-electron chi connectivity index (χ3n) is 8.16. The summed E-state index contributed by atoms with van der Waals surface area (Å²) in [5.74, 6) is 0.0768. The highest BCUT2D eigenvalue weighted by molar-refractivity contribution is 5.92. The number of fused-ring (bicyclic) bond motifs is 2. The lowest BCUT2D eigenvalue weighted by atomic mass is 9.77. The lowest BCUT2D eigenvalue weighted by Gasteiger charge is -2.41. The molecular formula is C26H39N3O4. The molecule has 7 heteroatoms. The van der Waals surface area contributed by atoms with Crippen LogP contribution in [0.15, 0.2) is 24.3 Å². The first kappa shape index (κ1) is 24.2. The topological polar surface area (TPSA) is 116 Å². The number of rotatable bonds is 9. The van der Waals surface area contributed by atoms with Gasteiger partial charge in [-0.2, -0.15) is 0 Å². The Hall–Kier alpha value is -1.96. The van der Waals surface area contributed by atoms with Gasteiger partial charge in [0.1, 0.15) is 0 Å². The van der Waals surface area contributed by atoms with Crippen LogP contribution >= 0.6 is 0 Å². The lowest BCUT2D eigenvalue weighted by Crippen LogP contribution is -2.52. The van der Waals surface area contributed by atoms with Crippen molar-refractivity contribution in [1.82, 2.24) is 10.2 Å². The van der Waals surface area contributed by atoms with Gasteiger partial charge in [-0.15, -0.1) is 0 Å². The SMILES string of the molecule is NC(=O)c1cccc(C2CC3CC[C@@](CCN(CC4CCCCC4)C(=O)[C@@H](O)CO)(C2)N3)c1. The van der Waals surface area contributed by atoms with E-state index in [1.807, 2.05) is 12.1 Å². The number of aliphatic hydroxyl groups excluding tert-OH is 2. The van der Waals surface area contributed by atoms with Crippen LogP contribution in [0.2, 0.25) is 0 Å². The van der Waals surface area contributed by atoms with Gasteiger partial charge in [-0.3, -0.25) is 9.59 Å². The Morgan fingerprint density at radius 1 is 1.21 bits per heavy atom. The van der Waals surface area contributed by atoms with Crippen LogP contribution in [-0.2, 0) is 4.79 Å². The Bertz CT molecular complexity index is 841. The molecule has 4 rings (SSSR count). The van der Waals surface area contributed by atoms with E-state index in [1.54, 1.807) is 11.0 Å². The quantitative estimate of drug-likeness (QED) is 0.454. The monoisotopic (exact) mass is 457 g/mol. The fourth-order valence-electron chi connectivity index (χ4n) is 6.37. The van der Waals surface area contributed by atoms with Gasteiger partial charge in [0.05, 0.1) is 6.61 Å². The van der Waals surface area contributed by atoms with Crippen molar-refractivity contribution in [2.75, 3.05) is 19.7 Å². The molecule has 182 valence electrons. The zero-order chi connectivity index (χ0) is 23.4. The van der Waals surface area contributed by atoms with Crippen molar-refractivity contribution in [3.8, 4) is 0 Å². The summed E-state index contributed by atoms with van der Waals surface area (Å²) in [6, 6.07) is 8.13. The molecule has 1 aromatic rings. The number of nitrogens with two attached hydrogens (primary N) is 1. The lowest BCUT2D eigenvalue weighted by molar-refractivity contribution is -0.143. The maximum absolute atomic E-state index is 12.9. The Labute approximate surface area is 196 Å². The zero-order valence-corrected chi connectivity index (χ0v) is 19.5. The number of carbonyl (C=O) groups is 2. The number of piperidine rings is 1. The molecule has 2 aliphatic heterocycles. The summed E-state index contributed by atoms with van der Waals surface area (Å²) in [6.07, 6.45) is 9.58. The molecule has 0 spiro atoms. The van der Waals surface area contributed by atoms with Crippen LogP contribution in [0.5, 0.6) is 0 Å². The van der Waals surface area contributed by atoms with Crippen LogP contribution in [0, 0.1) is 5.92 Å². The molecule has 1 saturated carbocycles. The molecule has 4 atom stereocenters. The maximum Gasteiger partial charge on any atom is 0.253 e. The summed E-state index contributed by atoms with van der Waals surface area (Å²) < 4.78 is 0. The minimum Gasteiger partial charge on any atom is -0.393 e. The van der Waals surface area contributed by atoms with Crippen LogP contribution in [0.3, 0.4) is 0 Å². The van der Waals surface area contributed by atoms with Gasteiger partial charge in [-0.25, -0.2) is 0 Å². The molecule has 0 aromatic heterocycles. The number of amides is 2. The second-order valence-electron chi connectivity index (χ2n) is 10.5. The van der Waals surface area contributed by atoms with Crippen molar-refractivity contribution in [2.24, 2.45) is 11.7 Å². The molecule has 5 N–H and O–H groups in total. The Morgan fingerprint density at radius 2 is 2.00 bits per heavy atom. The summed E-state index contributed by atoms with van der Waals surface area (Å²) in [6.45, 7) is 0.712. The van der Waals surface area contributed by atoms with E-state index in [9.17, 15) is 19.8 Å². The van der Waals surface area contributed by atoms with Gasteiger partial charge in [0, 0.05) is 30.2 Å². The molecule has 3 fully saturated rings. The molecule has 1 aromatic carbocycles. The summed E-state index contributed by atoms with van der Waals surface area (Å²) in [5.41, 5.74) is 7.16. The molecule has 2 heterocycles. The van der Waals surface area contributed by atoms with E-state index in [1.165, 1.54) is 19.3 Å². The highest BCUT2D eigenvalue weighted by atomic mass is 16.3. The molecular weight excluding hydrogens is 418 g/mol. The van der Waals surface area contributed by atoms with Crippen molar-refractivity contribution >= 4 is 11.8 Å². The first-order chi connectivity index (χ1) is 15.9. The van der Waals surface area contributed by atoms with Crippen LogP contribution in [-0.4, -0.2) is 64.3 Å². The molecule has 1 aliphatic carbocycles. The molecule has 3 aliphatic rings. The predicted octanol–water partition coefficient (Wildman–Crippen LogP) is 2.31. The summed E-state index contributed by atoms with van der Waals surface area (Å²) in [4.78, 5) is 26.3. The fraction of sp³-hybridized carbons (Fsp3) is 0.692. The van der Waals surface area contributed by atoms with Gasteiger partial charge in [0.15, 0.2) is 6.10 Å². The predicted molar refractivity (Wildman–Crippen MR) is 127 cm³/mol. The van der Waals surface area contributed by atoms with Gasteiger partial charge < -0.3 is 26.2 Å². The van der Waals surface area contributed by atoms with Crippen LogP contribution in [0.4, 0.5) is 0 Å². The molecule has 2 unspecified atom stereocenters. The van der Waals surface area contributed by atoms with Crippen molar-refractivity contribution in [3.63, 3.8) is 0 Å². The van der Waals surface area contributed by atoms with E-state index in [2.05, 4.69) is 11.4 Å². The standard InChI is InChI=1S/C26H39N3O4/c27-24(32)20-8-4-7-19(13-20)21-14-22-9-10-26(15-21,28-22)11-12-29(25(33)23(31)17-30)16-18-5-2-1-3-6-18/h4,7-8,13,18,21-23,28,30-31H,1-3,5-6,9-12,14-17H2,(H2,27,32)/t21?,22?,23-,26+/m0/s1. The van der Waals surface area contributed by atoms with Crippen molar-refractivity contribution in [1.29, 1.82) is 0 Å². The van der Waals surface area contributed by atoms with Gasteiger partial charge >= 0.3 is 0 Å². The average molecular weight is 458 g/mol. The second kappa shape index (κ2) is 10.5. The van der Waals surface area contributed by atoms with E-state index < -0.39 is 18.6 Å². The second-order valence-corrected chi connectivity index (χ2v) is 10.5. The number of primary amides is 1. The highest BCUT2D eigenvalue weighted by Crippen LogP contribution is 2.45. The van der Waals surface area contributed by atoms with Gasteiger partial charge in [0.25, 0.3) is 5.91 Å². The van der Waals surface area contributed by atoms with Crippen LogP contribution in [0.25, 0.3) is 0 Å². The molecule has 2 saturated heterocycles. The van der Waals surface area contributed by atoms with Crippen LogP contribution in [0.1, 0.15) is 86.0 Å².